The molecule has 0 aliphatic heterocycles. The summed E-state index contributed by atoms with van der Waals surface area (Å²) in [5.41, 5.74) is 1.80. The van der Waals surface area contributed by atoms with Crippen LogP contribution in [0.1, 0.15) is 38.2 Å². The lowest BCUT2D eigenvalue weighted by molar-refractivity contribution is -0.120. The molecule has 1 amide bonds. The van der Waals surface area contributed by atoms with E-state index < -0.39 is 0 Å². The summed E-state index contributed by atoms with van der Waals surface area (Å²) in [5.74, 6) is 0.0668. The third-order valence-electron chi connectivity index (χ3n) is 4.24. The minimum absolute atomic E-state index is 0.0668. The van der Waals surface area contributed by atoms with Gasteiger partial charge in [-0.2, -0.15) is 0 Å². The predicted molar refractivity (Wildman–Crippen MR) is 94.6 cm³/mol. The van der Waals surface area contributed by atoms with Crippen LogP contribution in [0.15, 0.2) is 47.1 Å². The van der Waals surface area contributed by atoms with Crippen LogP contribution in [0, 0.1) is 0 Å². The summed E-state index contributed by atoms with van der Waals surface area (Å²) >= 11 is 0. The van der Waals surface area contributed by atoms with Crippen LogP contribution in [0.3, 0.4) is 0 Å². The van der Waals surface area contributed by atoms with E-state index in [2.05, 4.69) is 30.4 Å². The molecule has 1 heterocycles. The molecule has 3 aromatic rings. The molecule has 0 fully saturated rings. The Labute approximate surface area is 136 Å². The van der Waals surface area contributed by atoms with Crippen molar-refractivity contribution in [3.05, 3.63) is 48.2 Å². The van der Waals surface area contributed by atoms with Gasteiger partial charge in [-0.1, -0.05) is 56.5 Å². The van der Waals surface area contributed by atoms with Crippen LogP contribution < -0.4 is 5.32 Å². The standard InChI is InChI=1S/C20H23NO2/c1-2-3-4-7-12-21-19(22)13-16-14-23-18-11-10-15-8-5-6-9-17(15)20(16)18/h5-6,8-11,14H,2-4,7,12-13H2,1H3,(H,21,22). The summed E-state index contributed by atoms with van der Waals surface area (Å²) in [4.78, 5) is 12.2. The van der Waals surface area contributed by atoms with Gasteiger partial charge in [-0.25, -0.2) is 0 Å². The fourth-order valence-electron chi connectivity index (χ4n) is 3.02. The van der Waals surface area contributed by atoms with E-state index in [9.17, 15) is 4.79 Å². The van der Waals surface area contributed by atoms with Gasteiger partial charge in [0.15, 0.2) is 0 Å². The molecule has 0 unspecified atom stereocenters. The van der Waals surface area contributed by atoms with Crippen molar-refractivity contribution in [2.75, 3.05) is 6.54 Å². The number of benzene rings is 2. The number of amides is 1. The van der Waals surface area contributed by atoms with Crippen molar-refractivity contribution in [1.82, 2.24) is 5.32 Å². The largest absolute Gasteiger partial charge is 0.464 e. The maximum atomic E-state index is 12.2. The fourth-order valence-corrected chi connectivity index (χ4v) is 3.02. The zero-order chi connectivity index (χ0) is 16.1. The Bertz CT molecular complexity index is 804. The molecule has 0 saturated carbocycles. The molecule has 23 heavy (non-hydrogen) atoms. The van der Waals surface area contributed by atoms with Gasteiger partial charge in [-0.15, -0.1) is 0 Å². The second-order valence-corrected chi connectivity index (χ2v) is 6.01. The molecule has 0 saturated heterocycles. The number of unbranched alkanes of at least 4 members (excludes halogenated alkanes) is 3. The normalized spacial score (nSPS) is 11.2. The van der Waals surface area contributed by atoms with Gasteiger partial charge in [-0.05, 0) is 23.3 Å². The van der Waals surface area contributed by atoms with E-state index in [0.717, 1.165) is 34.9 Å². The van der Waals surface area contributed by atoms with Crippen molar-refractivity contribution >= 4 is 27.6 Å². The third-order valence-corrected chi connectivity index (χ3v) is 4.24. The van der Waals surface area contributed by atoms with Crippen LogP contribution in [0.5, 0.6) is 0 Å². The van der Waals surface area contributed by atoms with E-state index in [1.54, 1.807) is 6.26 Å². The first-order valence-corrected chi connectivity index (χ1v) is 8.44. The highest BCUT2D eigenvalue weighted by Gasteiger charge is 2.12. The van der Waals surface area contributed by atoms with E-state index in [1.807, 2.05) is 18.2 Å². The topological polar surface area (TPSA) is 42.2 Å². The lowest BCUT2D eigenvalue weighted by atomic mass is 10.0. The Morgan fingerprint density at radius 1 is 1.09 bits per heavy atom. The highest BCUT2D eigenvalue weighted by Crippen LogP contribution is 2.30. The Morgan fingerprint density at radius 3 is 2.83 bits per heavy atom. The van der Waals surface area contributed by atoms with E-state index in [-0.39, 0.29) is 5.91 Å². The van der Waals surface area contributed by atoms with Gasteiger partial charge >= 0.3 is 0 Å². The van der Waals surface area contributed by atoms with Crippen LogP contribution in [-0.4, -0.2) is 12.5 Å². The summed E-state index contributed by atoms with van der Waals surface area (Å²) < 4.78 is 5.64. The minimum atomic E-state index is 0.0668. The van der Waals surface area contributed by atoms with Gasteiger partial charge in [0.2, 0.25) is 5.91 Å². The number of hydrogen-bond acceptors (Lipinski definition) is 2. The number of hydrogen-bond donors (Lipinski definition) is 1. The molecule has 0 aliphatic carbocycles. The number of rotatable bonds is 7. The second kappa shape index (κ2) is 7.32. The van der Waals surface area contributed by atoms with Crippen molar-refractivity contribution < 1.29 is 9.21 Å². The third kappa shape index (κ3) is 3.55. The Morgan fingerprint density at radius 2 is 1.96 bits per heavy atom. The number of carbonyl (C=O) groups excluding carboxylic acids is 1. The molecule has 0 radical (unpaired) electrons. The monoisotopic (exact) mass is 309 g/mol. The van der Waals surface area contributed by atoms with Crippen LogP contribution in [-0.2, 0) is 11.2 Å². The molecule has 0 spiro atoms. The molecular formula is C20H23NO2. The summed E-state index contributed by atoms with van der Waals surface area (Å²) in [7, 11) is 0. The van der Waals surface area contributed by atoms with Crippen LogP contribution >= 0.6 is 0 Å². The molecule has 2 aromatic carbocycles. The smallest absolute Gasteiger partial charge is 0.224 e. The number of carbonyl (C=O) groups is 1. The van der Waals surface area contributed by atoms with Crippen LogP contribution in [0.2, 0.25) is 0 Å². The Kier molecular flexibility index (Phi) is 4.96. The van der Waals surface area contributed by atoms with Crippen molar-refractivity contribution in [3.8, 4) is 0 Å². The summed E-state index contributed by atoms with van der Waals surface area (Å²) in [5, 5.41) is 6.38. The zero-order valence-electron chi connectivity index (χ0n) is 13.6. The highest BCUT2D eigenvalue weighted by molar-refractivity contribution is 6.08. The lowest BCUT2D eigenvalue weighted by Crippen LogP contribution is -2.25. The quantitative estimate of drug-likeness (QED) is 0.635. The molecule has 1 aromatic heterocycles. The van der Waals surface area contributed by atoms with Crippen molar-refractivity contribution in [2.45, 2.75) is 39.0 Å². The van der Waals surface area contributed by atoms with E-state index in [1.165, 1.54) is 24.6 Å². The molecule has 3 rings (SSSR count). The molecule has 1 N–H and O–H groups in total. The minimum Gasteiger partial charge on any atom is -0.464 e. The summed E-state index contributed by atoms with van der Waals surface area (Å²) in [6, 6.07) is 12.2. The summed E-state index contributed by atoms with van der Waals surface area (Å²) in [6.45, 7) is 2.95. The first-order valence-electron chi connectivity index (χ1n) is 8.44. The Hall–Kier alpha value is -2.29. The van der Waals surface area contributed by atoms with E-state index >= 15 is 0 Å². The number of furan rings is 1. The van der Waals surface area contributed by atoms with Gasteiger partial charge < -0.3 is 9.73 Å². The van der Waals surface area contributed by atoms with E-state index in [4.69, 9.17) is 4.42 Å². The number of nitrogens with one attached hydrogen (secondary N) is 1. The van der Waals surface area contributed by atoms with Gasteiger partial charge in [0, 0.05) is 17.5 Å². The van der Waals surface area contributed by atoms with Gasteiger partial charge in [0.05, 0.1) is 12.7 Å². The average Bonchev–Trinajstić information content (AvgIpc) is 2.98. The molecule has 3 heteroatoms. The van der Waals surface area contributed by atoms with Crippen LogP contribution in [0.25, 0.3) is 21.7 Å². The average molecular weight is 309 g/mol. The van der Waals surface area contributed by atoms with Gasteiger partial charge in [0.25, 0.3) is 0 Å². The van der Waals surface area contributed by atoms with Crippen LogP contribution in [0.4, 0.5) is 0 Å². The maximum absolute atomic E-state index is 12.2. The first kappa shape index (κ1) is 15.6. The first-order chi connectivity index (χ1) is 11.3. The Balaban J connectivity index is 1.73. The summed E-state index contributed by atoms with van der Waals surface area (Å²) in [6.07, 6.45) is 6.75. The van der Waals surface area contributed by atoms with Crippen molar-refractivity contribution in [3.63, 3.8) is 0 Å². The van der Waals surface area contributed by atoms with Gasteiger partial charge in [-0.3, -0.25) is 4.79 Å². The molecule has 120 valence electrons. The van der Waals surface area contributed by atoms with Crippen molar-refractivity contribution in [2.24, 2.45) is 0 Å². The van der Waals surface area contributed by atoms with Gasteiger partial charge in [0.1, 0.15) is 5.58 Å². The molecule has 0 bridgehead atoms. The molecule has 0 atom stereocenters. The lowest BCUT2D eigenvalue weighted by Gasteiger charge is -2.05. The highest BCUT2D eigenvalue weighted by atomic mass is 16.3. The SMILES string of the molecule is CCCCCCNC(=O)Cc1coc2ccc3ccccc3c12. The molecular weight excluding hydrogens is 286 g/mol. The molecule has 3 nitrogen and oxygen atoms in total. The predicted octanol–water partition coefficient (Wildman–Crippen LogP) is 4.83. The second-order valence-electron chi connectivity index (χ2n) is 6.01. The van der Waals surface area contributed by atoms with E-state index in [0.29, 0.717) is 6.42 Å². The molecule has 0 aliphatic rings. The number of fused-ring (bicyclic) bond motifs is 3. The fraction of sp³-hybridized carbons (Fsp3) is 0.350. The maximum Gasteiger partial charge on any atom is 0.224 e. The van der Waals surface area contributed by atoms with Crippen molar-refractivity contribution in [1.29, 1.82) is 0 Å². The zero-order valence-corrected chi connectivity index (χ0v) is 13.6.